The zero-order chi connectivity index (χ0) is 19.1. The van der Waals surface area contributed by atoms with Crippen LogP contribution in [-0.4, -0.2) is 14.1 Å². The average molecular weight is 356 g/mol. The summed E-state index contributed by atoms with van der Waals surface area (Å²) in [5.41, 5.74) is 6.13. The van der Waals surface area contributed by atoms with Gasteiger partial charge in [-0.3, -0.25) is 0 Å². The fraction of sp³-hybridized carbons (Fsp3) is 0.160. The standard InChI is InChI=1S/C25H27N2/c1-4-7-21-9-11-23(12-10-21)20-27-19-6-5-8-25(27)18-15-22-13-16-24(17-14-22)26(2)3/h4-19H,20H2,1-3H3/q+1. The maximum absolute atomic E-state index is 2.27. The molecule has 0 aliphatic carbocycles. The first-order valence-electron chi connectivity index (χ1n) is 9.31. The van der Waals surface area contributed by atoms with Crippen LogP contribution in [0.2, 0.25) is 0 Å². The van der Waals surface area contributed by atoms with E-state index in [1.165, 1.54) is 28.1 Å². The summed E-state index contributed by atoms with van der Waals surface area (Å²) in [6.07, 6.45) is 10.7. The normalized spacial score (nSPS) is 11.4. The van der Waals surface area contributed by atoms with Gasteiger partial charge in [0, 0.05) is 43.6 Å². The van der Waals surface area contributed by atoms with Crippen molar-refractivity contribution in [3.8, 4) is 0 Å². The number of allylic oxidation sites excluding steroid dienone is 1. The highest BCUT2D eigenvalue weighted by Crippen LogP contribution is 2.14. The third kappa shape index (κ3) is 5.18. The van der Waals surface area contributed by atoms with Gasteiger partial charge < -0.3 is 4.90 Å². The summed E-state index contributed by atoms with van der Waals surface area (Å²) < 4.78 is 2.27. The van der Waals surface area contributed by atoms with Crippen molar-refractivity contribution in [2.45, 2.75) is 13.5 Å². The van der Waals surface area contributed by atoms with E-state index in [1.807, 2.05) is 6.92 Å². The first-order valence-corrected chi connectivity index (χ1v) is 9.31. The molecule has 2 heteroatoms. The number of hydrogen-bond acceptors (Lipinski definition) is 1. The van der Waals surface area contributed by atoms with Crippen molar-refractivity contribution in [1.29, 1.82) is 0 Å². The summed E-state index contributed by atoms with van der Waals surface area (Å²) in [6.45, 7) is 2.90. The molecule has 0 saturated carbocycles. The van der Waals surface area contributed by atoms with Crippen molar-refractivity contribution >= 4 is 23.9 Å². The lowest BCUT2D eigenvalue weighted by molar-refractivity contribution is -0.690. The molecule has 0 N–H and O–H groups in total. The topological polar surface area (TPSA) is 7.12 Å². The summed E-state index contributed by atoms with van der Waals surface area (Å²) in [6, 6.07) is 23.6. The molecule has 0 spiro atoms. The Labute approximate surface area is 162 Å². The Morgan fingerprint density at radius 1 is 0.778 bits per heavy atom. The average Bonchev–Trinajstić information content (AvgIpc) is 2.69. The van der Waals surface area contributed by atoms with E-state index in [2.05, 4.69) is 121 Å². The Hall–Kier alpha value is -3.13. The zero-order valence-electron chi connectivity index (χ0n) is 16.3. The molecule has 0 aliphatic rings. The molecule has 0 atom stereocenters. The van der Waals surface area contributed by atoms with Crippen molar-refractivity contribution in [2.24, 2.45) is 0 Å². The summed E-state index contributed by atoms with van der Waals surface area (Å²) >= 11 is 0. The molecule has 27 heavy (non-hydrogen) atoms. The fourth-order valence-corrected chi connectivity index (χ4v) is 2.97. The van der Waals surface area contributed by atoms with Crippen molar-refractivity contribution in [1.82, 2.24) is 0 Å². The van der Waals surface area contributed by atoms with Crippen LogP contribution in [0.25, 0.3) is 18.2 Å². The maximum Gasteiger partial charge on any atom is 0.205 e. The lowest BCUT2D eigenvalue weighted by Gasteiger charge is -2.11. The van der Waals surface area contributed by atoms with Crippen LogP contribution in [0.3, 0.4) is 0 Å². The predicted molar refractivity (Wildman–Crippen MR) is 117 cm³/mol. The SMILES string of the molecule is CC=Cc1ccc(C[n+]2ccccc2C=Cc2ccc(N(C)C)cc2)cc1. The van der Waals surface area contributed by atoms with Gasteiger partial charge in [-0.1, -0.05) is 48.6 Å². The monoisotopic (exact) mass is 355 g/mol. The van der Waals surface area contributed by atoms with E-state index in [4.69, 9.17) is 0 Å². The van der Waals surface area contributed by atoms with Crippen LogP contribution in [0.15, 0.2) is 79.0 Å². The molecule has 3 aromatic rings. The third-order valence-electron chi connectivity index (χ3n) is 4.52. The molecule has 2 aromatic carbocycles. The summed E-state index contributed by atoms with van der Waals surface area (Å²) in [5, 5.41) is 0. The molecule has 0 saturated heterocycles. The molecule has 0 aliphatic heterocycles. The zero-order valence-corrected chi connectivity index (χ0v) is 16.3. The predicted octanol–water partition coefficient (Wildman–Crippen LogP) is 5.29. The number of pyridine rings is 1. The van der Waals surface area contributed by atoms with E-state index < -0.39 is 0 Å². The Morgan fingerprint density at radius 3 is 2.11 bits per heavy atom. The van der Waals surface area contributed by atoms with E-state index in [0.717, 1.165) is 6.54 Å². The lowest BCUT2D eigenvalue weighted by Crippen LogP contribution is -2.36. The van der Waals surface area contributed by atoms with Gasteiger partial charge in [-0.2, -0.15) is 4.57 Å². The Bertz CT molecular complexity index is 917. The van der Waals surface area contributed by atoms with Gasteiger partial charge in [0.2, 0.25) is 5.69 Å². The largest absolute Gasteiger partial charge is 0.378 e. The van der Waals surface area contributed by atoms with Crippen LogP contribution in [0.5, 0.6) is 0 Å². The minimum Gasteiger partial charge on any atom is -0.378 e. The van der Waals surface area contributed by atoms with Crippen LogP contribution in [0.1, 0.15) is 29.3 Å². The summed E-state index contributed by atoms with van der Waals surface area (Å²) in [4.78, 5) is 2.11. The second kappa shape index (κ2) is 9.00. The molecule has 136 valence electrons. The van der Waals surface area contributed by atoms with E-state index >= 15 is 0 Å². The first kappa shape index (κ1) is 18.7. The molecule has 0 fully saturated rings. The van der Waals surface area contributed by atoms with E-state index in [0.29, 0.717) is 0 Å². The van der Waals surface area contributed by atoms with Gasteiger partial charge in [0.15, 0.2) is 12.7 Å². The quantitative estimate of drug-likeness (QED) is 0.545. The molecule has 0 amide bonds. The van der Waals surface area contributed by atoms with Crippen LogP contribution in [-0.2, 0) is 6.54 Å². The minimum absolute atomic E-state index is 0.857. The van der Waals surface area contributed by atoms with Gasteiger partial charge >= 0.3 is 0 Å². The lowest BCUT2D eigenvalue weighted by atomic mass is 10.1. The van der Waals surface area contributed by atoms with Gasteiger partial charge in [0.25, 0.3) is 0 Å². The van der Waals surface area contributed by atoms with E-state index in [9.17, 15) is 0 Å². The van der Waals surface area contributed by atoms with Gasteiger partial charge in [0.05, 0.1) is 0 Å². The van der Waals surface area contributed by atoms with Crippen molar-refractivity contribution < 1.29 is 4.57 Å². The molecular formula is C25H27N2+. The number of anilines is 1. The highest BCUT2D eigenvalue weighted by atomic mass is 15.1. The number of nitrogens with zero attached hydrogens (tertiary/aromatic N) is 2. The van der Waals surface area contributed by atoms with Crippen LogP contribution < -0.4 is 9.47 Å². The van der Waals surface area contributed by atoms with Crippen LogP contribution in [0.4, 0.5) is 5.69 Å². The highest BCUT2D eigenvalue weighted by Gasteiger charge is 2.07. The van der Waals surface area contributed by atoms with Crippen LogP contribution in [0, 0.1) is 0 Å². The maximum atomic E-state index is 2.27. The Morgan fingerprint density at radius 2 is 1.44 bits per heavy atom. The second-order valence-electron chi connectivity index (χ2n) is 6.81. The molecule has 2 nitrogen and oxygen atoms in total. The minimum atomic E-state index is 0.857. The highest BCUT2D eigenvalue weighted by molar-refractivity contribution is 5.68. The smallest absolute Gasteiger partial charge is 0.205 e. The van der Waals surface area contributed by atoms with Gasteiger partial charge in [-0.05, 0) is 42.3 Å². The van der Waals surface area contributed by atoms with E-state index in [-0.39, 0.29) is 0 Å². The summed E-state index contributed by atoms with van der Waals surface area (Å²) in [7, 11) is 4.12. The number of benzene rings is 2. The summed E-state index contributed by atoms with van der Waals surface area (Å²) in [5.74, 6) is 0. The van der Waals surface area contributed by atoms with Crippen molar-refractivity contribution in [2.75, 3.05) is 19.0 Å². The molecule has 0 radical (unpaired) electrons. The molecule has 0 bridgehead atoms. The van der Waals surface area contributed by atoms with E-state index in [1.54, 1.807) is 0 Å². The van der Waals surface area contributed by atoms with Crippen LogP contribution >= 0.6 is 0 Å². The number of rotatable bonds is 6. The fourth-order valence-electron chi connectivity index (χ4n) is 2.97. The van der Waals surface area contributed by atoms with Gasteiger partial charge in [0.1, 0.15) is 0 Å². The Balaban J connectivity index is 1.77. The number of aromatic nitrogens is 1. The molecule has 1 aromatic heterocycles. The van der Waals surface area contributed by atoms with Crippen molar-refractivity contribution in [3.05, 3.63) is 101 Å². The first-order chi connectivity index (χ1) is 13.2. The van der Waals surface area contributed by atoms with Crippen molar-refractivity contribution in [3.63, 3.8) is 0 Å². The second-order valence-corrected chi connectivity index (χ2v) is 6.81. The third-order valence-corrected chi connectivity index (χ3v) is 4.52. The molecular weight excluding hydrogens is 328 g/mol. The van der Waals surface area contributed by atoms with Gasteiger partial charge in [-0.15, -0.1) is 0 Å². The number of hydrogen-bond donors (Lipinski definition) is 0. The molecule has 3 rings (SSSR count). The van der Waals surface area contributed by atoms with Gasteiger partial charge in [-0.25, -0.2) is 0 Å². The molecule has 0 unspecified atom stereocenters. The Kier molecular flexibility index (Phi) is 6.22. The molecule has 1 heterocycles.